The second kappa shape index (κ2) is 7.81. The Morgan fingerprint density at radius 1 is 1.12 bits per heavy atom. The maximum Gasteiger partial charge on any atom is 0.256 e. The molecule has 132 valence electrons. The summed E-state index contributed by atoms with van der Waals surface area (Å²) < 4.78 is 0. The van der Waals surface area contributed by atoms with Crippen LogP contribution in [0.4, 0.5) is 0 Å². The molecule has 2 aromatic carbocycles. The van der Waals surface area contributed by atoms with Crippen LogP contribution in [0.25, 0.3) is 0 Å². The molecule has 1 atom stereocenters. The number of nitrogens with zero attached hydrogens (tertiary/aromatic N) is 1. The first-order valence-electron chi connectivity index (χ1n) is 8.89. The van der Waals surface area contributed by atoms with Gasteiger partial charge in [-0.25, -0.2) is 0 Å². The molecule has 1 amide bonds. The summed E-state index contributed by atoms with van der Waals surface area (Å²) in [4.78, 5) is 14.6. The van der Waals surface area contributed by atoms with Crippen molar-refractivity contribution in [2.24, 2.45) is 0 Å². The fraction of sp³-hybridized carbons (Fsp3) is 0.381. The summed E-state index contributed by atoms with van der Waals surface area (Å²) in [6.07, 6.45) is 1.33. The minimum Gasteiger partial charge on any atom is -0.379 e. The van der Waals surface area contributed by atoms with Crippen LogP contribution >= 0.6 is 0 Å². The number of benzene rings is 2. The Labute approximate surface area is 149 Å². The Morgan fingerprint density at radius 3 is 2.64 bits per heavy atom. The lowest BCUT2D eigenvalue weighted by atomic mass is 9.91. The molecule has 0 aliphatic carbocycles. The quantitative estimate of drug-likeness (QED) is 0.851. The smallest absolute Gasteiger partial charge is 0.256 e. The molecule has 4 nitrogen and oxygen atoms in total. The summed E-state index contributed by atoms with van der Waals surface area (Å²) in [6, 6.07) is 18.2. The van der Waals surface area contributed by atoms with Gasteiger partial charge in [-0.3, -0.25) is 4.79 Å². The van der Waals surface area contributed by atoms with Crippen LogP contribution in [-0.4, -0.2) is 34.6 Å². The minimum absolute atomic E-state index is 0.166. The van der Waals surface area contributed by atoms with Crippen LogP contribution in [-0.2, 0) is 17.9 Å². The summed E-state index contributed by atoms with van der Waals surface area (Å²) in [5.74, 6) is -0.166. The molecule has 3 rings (SSSR count). The number of amides is 1. The Bertz CT molecular complexity index is 717. The molecular weight excluding hydrogens is 312 g/mol. The van der Waals surface area contributed by atoms with E-state index in [1.807, 2.05) is 55.5 Å². The molecule has 0 bridgehead atoms. The van der Waals surface area contributed by atoms with Gasteiger partial charge in [0.25, 0.3) is 5.91 Å². The molecule has 1 heterocycles. The molecular formula is C21H26N2O2. The van der Waals surface area contributed by atoms with Crippen LogP contribution in [0, 0.1) is 6.92 Å². The monoisotopic (exact) mass is 338 g/mol. The van der Waals surface area contributed by atoms with Gasteiger partial charge in [0.15, 0.2) is 5.60 Å². The van der Waals surface area contributed by atoms with E-state index in [2.05, 4.69) is 11.4 Å². The van der Waals surface area contributed by atoms with E-state index in [1.54, 1.807) is 4.90 Å². The van der Waals surface area contributed by atoms with Gasteiger partial charge < -0.3 is 15.3 Å². The number of rotatable bonds is 6. The first kappa shape index (κ1) is 17.6. The van der Waals surface area contributed by atoms with Crippen molar-refractivity contribution in [3.8, 4) is 0 Å². The highest BCUT2D eigenvalue weighted by atomic mass is 16.3. The third-order valence-corrected chi connectivity index (χ3v) is 4.75. The number of piperidine rings is 1. The summed E-state index contributed by atoms with van der Waals surface area (Å²) in [7, 11) is 0. The van der Waals surface area contributed by atoms with Crippen molar-refractivity contribution in [1.82, 2.24) is 10.2 Å². The van der Waals surface area contributed by atoms with Gasteiger partial charge in [0.1, 0.15) is 0 Å². The molecule has 0 spiro atoms. The van der Waals surface area contributed by atoms with Gasteiger partial charge in [-0.2, -0.15) is 0 Å². The lowest BCUT2D eigenvalue weighted by molar-refractivity contribution is -0.157. The van der Waals surface area contributed by atoms with E-state index in [-0.39, 0.29) is 12.5 Å². The van der Waals surface area contributed by atoms with Crippen LogP contribution in [0.15, 0.2) is 54.6 Å². The van der Waals surface area contributed by atoms with Crippen LogP contribution in [0.5, 0.6) is 0 Å². The van der Waals surface area contributed by atoms with Gasteiger partial charge in [-0.1, -0.05) is 60.2 Å². The van der Waals surface area contributed by atoms with Crippen LogP contribution in [0.2, 0.25) is 0 Å². The number of hydrogen-bond donors (Lipinski definition) is 2. The fourth-order valence-electron chi connectivity index (χ4n) is 3.42. The minimum atomic E-state index is -1.31. The largest absolute Gasteiger partial charge is 0.379 e. The number of likely N-dealkylation sites (tertiary alicyclic amines) is 1. The number of aryl methyl sites for hydroxylation is 1. The van der Waals surface area contributed by atoms with Gasteiger partial charge in [0, 0.05) is 26.2 Å². The van der Waals surface area contributed by atoms with E-state index >= 15 is 0 Å². The summed E-state index contributed by atoms with van der Waals surface area (Å²) in [5, 5.41) is 14.1. The van der Waals surface area contributed by atoms with Crippen LogP contribution in [0.3, 0.4) is 0 Å². The fourth-order valence-corrected chi connectivity index (χ4v) is 3.42. The standard InChI is InChI=1S/C21H26N2O2/c1-17-7-5-10-19(13-17)15-23-12-6-11-21(25,20(23)24)16-22-14-18-8-3-2-4-9-18/h2-5,7-10,13,22,25H,6,11-12,14-16H2,1H3/t21-/m1/s1. The van der Waals surface area contributed by atoms with Gasteiger partial charge in [-0.15, -0.1) is 0 Å². The molecule has 4 heteroatoms. The molecule has 0 saturated carbocycles. The highest BCUT2D eigenvalue weighted by Gasteiger charge is 2.41. The predicted molar refractivity (Wildman–Crippen MR) is 98.9 cm³/mol. The number of carbonyl (C=O) groups excluding carboxylic acids is 1. The van der Waals surface area contributed by atoms with Crippen molar-refractivity contribution in [3.63, 3.8) is 0 Å². The highest BCUT2D eigenvalue weighted by Crippen LogP contribution is 2.24. The van der Waals surface area contributed by atoms with Gasteiger partial charge >= 0.3 is 0 Å². The van der Waals surface area contributed by atoms with Crippen molar-refractivity contribution in [3.05, 3.63) is 71.3 Å². The van der Waals surface area contributed by atoms with E-state index in [9.17, 15) is 9.90 Å². The average Bonchev–Trinajstić information content (AvgIpc) is 2.60. The van der Waals surface area contributed by atoms with Gasteiger partial charge in [-0.05, 0) is 30.9 Å². The maximum absolute atomic E-state index is 12.8. The second-order valence-electron chi connectivity index (χ2n) is 6.94. The molecule has 2 aromatic rings. The van der Waals surface area contributed by atoms with E-state index < -0.39 is 5.60 Å². The molecule has 25 heavy (non-hydrogen) atoms. The van der Waals surface area contributed by atoms with E-state index in [1.165, 1.54) is 5.56 Å². The molecule has 2 N–H and O–H groups in total. The van der Waals surface area contributed by atoms with Crippen molar-refractivity contribution >= 4 is 5.91 Å². The third-order valence-electron chi connectivity index (χ3n) is 4.75. The van der Waals surface area contributed by atoms with Crippen LogP contribution in [0.1, 0.15) is 29.5 Å². The Balaban J connectivity index is 1.60. The lowest BCUT2D eigenvalue weighted by Crippen LogP contribution is -2.57. The Morgan fingerprint density at radius 2 is 1.88 bits per heavy atom. The first-order chi connectivity index (χ1) is 12.1. The second-order valence-corrected chi connectivity index (χ2v) is 6.94. The lowest BCUT2D eigenvalue weighted by Gasteiger charge is -2.38. The molecule has 1 aliphatic rings. The zero-order valence-electron chi connectivity index (χ0n) is 14.7. The zero-order valence-corrected chi connectivity index (χ0v) is 14.7. The van der Waals surface area contributed by atoms with Gasteiger partial charge in [0.05, 0.1) is 0 Å². The number of aliphatic hydroxyl groups is 1. The third kappa shape index (κ3) is 4.47. The summed E-state index contributed by atoms with van der Waals surface area (Å²) in [6.45, 7) is 4.24. The number of carbonyl (C=O) groups is 1. The van der Waals surface area contributed by atoms with Crippen molar-refractivity contribution in [2.75, 3.05) is 13.1 Å². The normalized spacial score (nSPS) is 20.7. The first-order valence-corrected chi connectivity index (χ1v) is 8.89. The summed E-state index contributed by atoms with van der Waals surface area (Å²) in [5.41, 5.74) is 2.12. The highest BCUT2D eigenvalue weighted by molar-refractivity contribution is 5.86. The van der Waals surface area contributed by atoms with Crippen molar-refractivity contribution < 1.29 is 9.90 Å². The molecule has 1 saturated heterocycles. The van der Waals surface area contributed by atoms with E-state index in [0.717, 1.165) is 17.5 Å². The molecule has 0 radical (unpaired) electrons. The molecule has 1 fully saturated rings. The molecule has 1 aliphatic heterocycles. The Kier molecular flexibility index (Phi) is 5.51. The van der Waals surface area contributed by atoms with Crippen molar-refractivity contribution in [2.45, 2.75) is 38.5 Å². The van der Waals surface area contributed by atoms with Crippen LogP contribution < -0.4 is 5.32 Å². The predicted octanol–water partition coefficient (Wildman–Crippen LogP) is 2.64. The zero-order chi connectivity index (χ0) is 17.7. The molecule has 0 unspecified atom stereocenters. The van der Waals surface area contributed by atoms with Crippen molar-refractivity contribution in [1.29, 1.82) is 0 Å². The van der Waals surface area contributed by atoms with E-state index in [4.69, 9.17) is 0 Å². The molecule has 0 aromatic heterocycles. The summed E-state index contributed by atoms with van der Waals surface area (Å²) >= 11 is 0. The topological polar surface area (TPSA) is 52.6 Å². The van der Waals surface area contributed by atoms with E-state index in [0.29, 0.717) is 26.1 Å². The SMILES string of the molecule is Cc1cccc(CN2CCC[C@@](O)(CNCc3ccccc3)C2=O)c1. The van der Waals surface area contributed by atoms with Gasteiger partial charge in [0.2, 0.25) is 0 Å². The Hall–Kier alpha value is -2.17. The average molecular weight is 338 g/mol. The maximum atomic E-state index is 12.8. The number of hydrogen-bond acceptors (Lipinski definition) is 3. The number of nitrogens with one attached hydrogen (secondary N) is 1.